The number of carbonyl (C=O) groups excluding carboxylic acids is 1. The van der Waals surface area contributed by atoms with E-state index in [1.807, 2.05) is 6.92 Å². The van der Waals surface area contributed by atoms with Crippen molar-refractivity contribution in [1.82, 2.24) is 0 Å². The molecule has 0 aliphatic rings. The minimum Gasteiger partial charge on any atom is -0.495 e. The first-order valence-electron chi connectivity index (χ1n) is 7.20. The van der Waals surface area contributed by atoms with Crippen molar-refractivity contribution < 1.29 is 22.3 Å². The molecule has 0 spiro atoms. The summed E-state index contributed by atoms with van der Waals surface area (Å²) in [7, 11) is -2.46. The molecule has 1 unspecified atom stereocenters. The van der Waals surface area contributed by atoms with Crippen LogP contribution >= 0.6 is 0 Å². The van der Waals surface area contributed by atoms with E-state index in [0.717, 1.165) is 29.8 Å². The maximum Gasteiger partial charge on any atom is 0.242 e. The third kappa shape index (κ3) is 3.73. The first-order chi connectivity index (χ1) is 11.3. The van der Waals surface area contributed by atoms with Crippen LogP contribution in [0.25, 0.3) is 0 Å². The van der Waals surface area contributed by atoms with Crippen LogP contribution in [0.1, 0.15) is 12.5 Å². The number of aryl methyl sites for hydroxylation is 1. The lowest BCUT2D eigenvalue weighted by molar-refractivity contribution is -0.115. The zero-order valence-electron chi connectivity index (χ0n) is 13.5. The summed E-state index contributed by atoms with van der Waals surface area (Å²) in [4.78, 5) is 12.2. The summed E-state index contributed by atoms with van der Waals surface area (Å²) in [5.74, 6) is -0.799. The number of nitrogens with one attached hydrogen (secondary N) is 1. The van der Waals surface area contributed by atoms with Gasteiger partial charge in [-0.1, -0.05) is 6.07 Å². The molecule has 0 saturated carbocycles. The van der Waals surface area contributed by atoms with Crippen LogP contribution < -0.4 is 10.1 Å². The average Bonchev–Trinajstić information content (AvgIpc) is 2.56. The van der Waals surface area contributed by atoms with Gasteiger partial charge in [0.25, 0.3) is 0 Å². The van der Waals surface area contributed by atoms with E-state index in [9.17, 15) is 17.6 Å². The van der Waals surface area contributed by atoms with Crippen LogP contribution in [0.4, 0.5) is 10.1 Å². The number of amides is 1. The smallest absolute Gasteiger partial charge is 0.242 e. The number of methoxy groups -OCH3 is 1. The standard InChI is InChI=1S/C17H18FNO4S/c1-11-4-9-15(16(10-11)23-3)19-17(20)12(2)24(21,22)14-7-5-13(18)6-8-14/h4-10,12H,1-3H3,(H,19,20). The van der Waals surface area contributed by atoms with Gasteiger partial charge in [-0.2, -0.15) is 0 Å². The van der Waals surface area contributed by atoms with Gasteiger partial charge < -0.3 is 10.1 Å². The number of halogens is 1. The summed E-state index contributed by atoms with van der Waals surface area (Å²) < 4.78 is 43.1. The quantitative estimate of drug-likeness (QED) is 0.841. The van der Waals surface area contributed by atoms with Gasteiger partial charge in [0.1, 0.15) is 16.8 Å². The molecule has 2 aromatic carbocycles. The highest BCUT2D eigenvalue weighted by Crippen LogP contribution is 2.26. The number of carbonyl (C=O) groups is 1. The number of sulfone groups is 1. The molecule has 1 amide bonds. The van der Waals surface area contributed by atoms with Gasteiger partial charge in [-0.3, -0.25) is 4.79 Å². The van der Waals surface area contributed by atoms with E-state index in [1.54, 1.807) is 18.2 Å². The highest BCUT2D eigenvalue weighted by molar-refractivity contribution is 7.92. The summed E-state index contributed by atoms with van der Waals surface area (Å²) >= 11 is 0. The summed E-state index contributed by atoms with van der Waals surface area (Å²) in [6.45, 7) is 3.16. The molecule has 5 nitrogen and oxygen atoms in total. The highest BCUT2D eigenvalue weighted by atomic mass is 32.2. The van der Waals surface area contributed by atoms with Gasteiger partial charge in [0, 0.05) is 0 Å². The van der Waals surface area contributed by atoms with Crippen molar-refractivity contribution in [3.63, 3.8) is 0 Å². The molecule has 2 rings (SSSR count). The summed E-state index contributed by atoms with van der Waals surface area (Å²) in [6.07, 6.45) is 0. The number of hydrogen-bond donors (Lipinski definition) is 1. The zero-order chi connectivity index (χ0) is 17.9. The number of rotatable bonds is 5. The molecule has 1 N–H and O–H groups in total. The van der Waals surface area contributed by atoms with Crippen molar-refractivity contribution in [1.29, 1.82) is 0 Å². The van der Waals surface area contributed by atoms with Crippen molar-refractivity contribution in [2.75, 3.05) is 12.4 Å². The summed E-state index contributed by atoms with van der Waals surface area (Å²) in [5, 5.41) is 1.22. The molecule has 0 radical (unpaired) electrons. The van der Waals surface area contributed by atoms with E-state index >= 15 is 0 Å². The van der Waals surface area contributed by atoms with Gasteiger partial charge in [-0.25, -0.2) is 12.8 Å². The second kappa shape index (κ2) is 7.00. The predicted molar refractivity (Wildman–Crippen MR) is 89.4 cm³/mol. The number of hydrogen-bond acceptors (Lipinski definition) is 4. The molecular weight excluding hydrogens is 333 g/mol. The molecule has 2 aromatic rings. The number of benzene rings is 2. The molecule has 24 heavy (non-hydrogen) atoms. The lowest BCUT2D eigenvalue weighted by Crippen LogP contribution is -2.32. The van der Waals surface area contributed by atoms with E-state index in [0.29, 0.717) is 11.4 Å². The molecule has 128 valence electrons. The average molecular weight is 351 g/mol. The Labute approximate surface area is 140 Å². The van der Waals surface area contributed by atoms with Crippen molar-refractivity contribution in [2.24, 2.45) is 0 Å². The van der Waals surface area contributed by atoms with Crippen LogP contribution in [0.3, 0.4) is 0 Å². The molecular formula is C17H18FNO4S. The van der Waals surface area contributed by atoms with E-state index in [2.05, 4.69) is 5.32 Å². The van der Waals surface area contributed by atoms with Crippen molar-refractivity contribution in [2.45, 2.75) is 24.0 Å². The Kier molecular flexibility index (Phi) is 5.23. The fourth-order valence-electron chi connectivity index (χ4n) is 2.11. The van der Waals surface area contributed by atoms with Crippen LogP contribution in [0.15, 0.2) is 47.4 Å². The second-order valence-corrected chi connectivity index (χ2v) is 7.60. The lowest BCUT2D eigenvalue weighted by Gasteiger charge is -2.15. The summed E-state index contributed by atoms with van der Waals surface area (Å²) in [6, 6.07) is 9.51. The Morgan fingerprint density at radius 2 is 1.79 bits per heavy atom. The Bertz CT molecular complexity index is 847. The molecule has 0 heterocycles. The fraction of sp³-hybridized carbons (Fsp3) is 0.235. The maximum absolute atomic E-state index is 13.0. The highest BCUT2D eigenvalue weighted by Gasteiger charge is 2.30. The monoisotopic (exact) mass is 351 g/mol. The van der Waals surface area contributed by atoms with Crippen LogP contribution in [0.2, 0.25) is 0 Å². The second-order valence-electron chi connectivity index (χ2n) is 5.33. The Morgan fingerprint density at radius 3 is 2.38 bits per heavy atom. The topological polar surface area (TPSA) is 72.5 Å². The Hall–Kier alpha value is -2.41. The van der Waals surface area contributed by atoms with Crippen molar-refractivity contribution >= 4 is 21.4 Å². The predicted octanol–water partition coefficient (Wildman–Crippen LogP) is 2.94. The minimum absolute atomic E-state index is 0.109. The Balaban J connectivity index is 2.25. The minimum atomic E-state index is -3.92. The molecule has 0 saturated heterocycles. The summed E-state index contributed by atoms with van der Waals surface area (Å²) in [5.41, 5.74) is 1.33. The third-order valence-electron chi connectivity index (χ3n) is 3.59. The first kappa shape index (κ1) is 17.9. The van der Waals surface area contributed by atoms with Crippen LogP contribution in [-0.4, -0.2) is 26.7 Å². The molecule has 0 aliphatic heterocycles. The largest absolute Gasteiger partial charge is 0.495 e. The van der Waals surface area contributed by atoms with Crippen LogP contribution in [-0.2, 0) is 14.6 Å². The van der Waals surface area contributed by atoms with E-state index in [4.69, 9.17) is 4.74 Å². The van der Waals surface area contributed by atoms with E-state index < -0.39 is 26.8 Å². The zero-order valence-corrected chi connectivity index (χ0v) is 14.4. The van der Waals surface area contributed by atoms with Gasteiger partial charge in [0.15, 0.2) is 9.84 Å². The Morgan fingerprint density at radius 1 is 1.17 bits per heavy atom. The lowest BCUT2D eigenvalue weighted by atomic mass is 10.2. The van der Waals surface area contributed by atoms with Gasteiger partial charge in [-0.15, -0.1) is 0 Å². The molecule has 0 aromatic heterocycles. The molecule has 0 fully saturated rings. The van der Waals surface area contributed by atoms with Crippen LogP contribution in [0.5, 0.6) is 5.75 Å². The van der Waals surface area contributed by atoms with E-state index in [1.165, 1.54) is 14.0 Å². The van der Waals surface area contributed by atoms with Crippen LogP contribution in [0, 0.1) is 12.7 Å². The molecule has 0 aliphatic carbocycles. The maximum atomic E-state index is 13.0. The number of ether oxygens (including phenoxy) is 1. The number of anilines is 1. The van der Waals surface area contributed by atoms with E-state index in [-0.39, 0.29) is 4.90 Å². The van der Waals surface area contributed by atoms with Gasteiger partial charge >= 0.3 is 0 Å². The molecule has 0 bridgehead atoms. The first-order valence-corrected chi connectivity index (χ1v) is 8.75. The normalized spacial score (nSPS) is 12.5. The van der Waals surface area contributed by atoms with Crippen molar-refractivity contribution in [3.8, 4) is 5.75 Å². The molecule has 7 heteroatoms. The van der Waals surface area contributed by atoms with Gasteiger partial charge in [-0.05, 0) is 55.8 Å². The molecule has 1 atom stereocenters. The third-order valence-corrected chi connectivity index (χ3v) is 5.67. The van der Waals surface area contributed by atoms with Crippen molar-refractivity contribution in [3.05, 3.63) is 53.8 Å². The van der Waals surface area contributed by atoms with Gasteiger partial charge in [0.05, 0.1) is 17.7 Å². The van der Waals surface area contributed by atoms with Gasteiger partial charge in [0.2, 0.25) is 5.91 Å². The fourth-order valence-corrected chi connectivity index (χ4v) is 3.37. The SMILES string of the molecule is COc1cc(C)ccc1NC(=O)C(C)S(=O)(=O)c1ccc(F)cc1.